The van der Waals surface area contributed by atoms with Gasteiger partial charge in [0.15, 0.2) is 5.82 Å². The maximum absolute atomic E-state index is 13.5. The molecule has 0 radical (unpaired) electrons. The number of nitrogens with zero attached hydrogens (tertiary/aromatic N) is 5. The third-order valence-electron chi connectivity index (χ3n) is 7.25. The second-order valence-corrected chi connectivity index (χ2v) is 9.71. The first kappa shape index (κ1) is 25.6. The van der Waals surface area contributed by atoms with Gasteiger partial charge in [-0.1, -0.05) is 30.3 Å². The lowest BCUT2D eigenvalue weighted by Gasteiger charge is -2.33. The molecule has 0 amide bonds. The third-order valence-corrected chi connectivity index (χ3v) is 7.25. The molecule has 8 nitrogen and oxygen atoms in total. The first-order valence-electron chi connectivity index (χ1n) is 12.9. The number of methoxy groups -OCH3 is 1. The zero-order valence-electron chi connectivity index (χ0n) is 21.7. The number of pyridine rings is 1. The number of aromatic amines is 1. The number of fused-ring (bicyclic) bond motifs is 1. The van der Waals surface area contributed by atoms with Crippen LogP contribution >= 0.6 is 0 Å². The normalized spacial score (nSPS) is 14.7. The predicted molar refractivity (Wildman–Crippen MR) is 147 cm³/mol. The van der Waals surface area contributed by atoms with Crippen molar-refractivity contribution in [2.75, 3.05) is 20.2 Å². The Morgan fingerprint density at radius 2 is 1.75 bits per heavy atom. The van der Waals surface area contributed by atoms with Crippen LogP contribution in [-0.4, -0.2) is 50.3 Å². The van der Waals surface area contributed by atoms with Crippen LogP contribution in [0.15, 0.2) is 83.7 Å². The van der Waals surface area contributed by atoms with Gasteiger partial charge in [-0.25, -0.2) is 13.5 Å². The number of rotatable bonds is 7. The highest BCUT2D eigenvalue weighted by Crippen LogP contribution is 2.32. The number of aromatic nitrogens is 5. The lowest BCUT2D eigenvalue weighted by atomic mass is 9.96. The van der Waals surface area contributed by atoms with Crippen LogP contribution in [0.2, 0.25) is 0 Å². The molecule has 5 aromatic rings. The summed E-state index contributed by atoms with van der Waals surface area (Å²) in [6.07, 6.45) is 2.79. The molecular weight excluding hydrogens is 514 g/mol. The standard InChI is InChI=1S/C30H26F2N6O2/c1-40-25-11-6-22-16-26(30(39)33-27(22)17-25)28(29-34-35-36-38(29)18-19-2-7-23(31)8-3-19)37-14-12-21(13-15-37)20-4-9-24(32)10-5-20/h2-12,16-17,28H,13-15,18H2,1H3,(H,33,39). The second-order valence-electron chi connectivity index (χ2n) is 9.71. The van der Waals surface area contributed by atoms with Gasteiger partial charge in [-0.3, -0.25) is 9.69 Å². The van der Waals surface area contributed by atoms with Gasteiger partial charge in [-0.2, -0.15) is 0 Å². The van der Waals surface area contributed by atoms with Crippen molar-refractivity contribution in [3.8, 4) is 5.75 Å². The fourth-order valence-corrected chi connectivity index (χ4v) is 5.15. The quantitative estimate of drug-likeness (QED) is 0.321. The molecule has 6 rings (SSSR count). The van der Waals surface area contributed by atoms with Gasteiger partial charge < -0.3 is 9.72 Å². The maximum Gasteiger partial charge on any atom is 0.253 e. The van der Waals surface area contributed by atoms with Crippen LogP contribution in [0.4, 0.5) is 8.78 Å². The average Bonchev–Trinajstić information content (AvgIpc) is 3.42. The first-order chi connectivity index (χ1) is 19.5. The summed E-state index contributed by atoms with van der Waals surface area (Å²) >= 11 is 0. The topological polar surface area (TPSA) is 88.9 Å². The summed E-state index contributed by atoms with van der Waals surface area (Å²) in [5, 5.41) is 13.4. The molecule has 0 aliphatic carbocycles. The summed E-state index contributed by atoms with van der Waals surface area (Å²) in [7, 11) is 1.58. The van der Waals surface area contributed by atoms with E-state index in [0.717, 1.165) is 22.1 Å². The van der Waals surface area contributed by atoms with Crippen LogP contribution in [0, 0.1) is 11.6 Å². The Morgan fingerprint density at radius 3 is 2.45 bits per heavy atom. The van der Waals surface area contributed by atoms with Crippen molar-refractivity contribution in [1.29, 1.82) is 0 Å². The van der Waals surface area contributed by atoms with E-state index in [1.807, 2.05) is 18.2 Å². The smallest absolute Gasteiger partial charge is 0.253 e. The minimum absolute atomic E-state index is 0.254. The van der Waals surface area contributed by atoms with Crippen LogP contribution in [0.3, 0.4) is 0 Å². The van der Waals surface area contributed by atoms with E-state index >= 15 is 0 Å². The molecule has 0 saturated heterocycles. The van der Waals surface area contributed by atoms with Crippen LogP contribution in [0.1, 0.15) is 35.0 Å². The van der Waals surface area contributed by atoms with Crippen LogP contribution < -0.4 is 10.3 Å². The monoisotopic (exact) mass is 540 g/mol. The average molecular weight is 541 g/mol. The van der Waals surface area contributed by atoms with E-state index in [0.29, 0.717) is 48.7 Å². The number of hydrogen-bond donors (Lipinski definition) is 1. The lowest BCUT2D eigenvalue weighted by molar-refractivity contribution is 0.234. The molecule has 0 saturated carbocycles. The van der Waals surface area contributed by atoms with Crippen LogP contribution in [0.5, 0.6) is 5.75 Å². The minimum atomic E-state index is -0.559. The van der Waals surface area contributed by atoms with Crippen molar-refractivity contribution in [2.24, 2.45) is 0 Å². The minimum Gasteiger partial charge on any atom is -0.497 e. The molecular formula is C30H26F2N6O2. The SMILES string of the molecule is COc1ccc2cc(C(c3nnnn3Cc3ccc(F)cc3)N3CC=C(c4ccc(F)cc4)CC3)c(=O)[nH]c2c1. The summed E-state index contributed by atoms with van der Waals surface area (Å²) in [6.45, 7) is 1.46. The van der Waals surface area contributed by atoms with Gasteiger partial charge in [-0.15, -0.1) is 5.10 Å². The molecule has 202 valence electrons. The van der Waals surface area contributed by atoms with Crippen molar-refractivity contribution in [2.45, 2.75) is 19.0 Å². The van der Waals surface area contributed by atoms with E-state index < -0.39 is 6.04 Å². The first-order valence-corrected chi connectivity index (χ1v) is 12.9. The van der Waals surface area contributed by atoms with Crippen molar-refractivity contribution >= 4 is 16.5 Å². The molecule has 3 aromatic carbocycles. The Bertz CT molecular complexity index is 1750. The predicted octanol–water partition coefficient (Wildman–Crippen LogP) is 4.73. The number of halogens is 2. The van der Waals surface area contributed by atoms with Gasteiger partial charge in [0.25, 0.3) is 5.56 Å². The number of nitrogens with one attached hydrogen (secondary N) is 1. The zero-order chi connectivity index (χ0) is 27.6. The highest BCUT2D eigenvalue weighted by atomic mass is 19.1. The van der Waals surface area contributed by atoms with Crippen molar-refractivity contribution in [3.63, 3.8) is 0 Å². The number of H-pyrrole nitrogens is 1. The molecule has 0 bridgehead atoms. The maximum atomic E-state index is 13.5. The fraction of sp³-hybridized carbons (Fsp3) is 0.200. The van der Waals surface area contributed by atoms with Gasteiger partial charge in [0.1, 0.15) is 23.4 Å². The summed E-state index contributed by atoms with van der Waals surface area (Å²) < 4.78 is 33.9. The summed E-state index contributed by atoms with van der Waals surface area (Å²) in [5.41, 5.74) is 3.82. The molecule has 1 aliphatic rings. The van der Waals surface area contributed by atoms with E-state index in [1.165, 1.54) is 24.3 Å². The van der Waals surface area contributed by atoms with Gasteiger partial charge >= 0.3 is 0 Å². The van der Waals surface area contributed by atoms with Crippen LogP contribution in [-0.2, 0) is 6.54 Å². The van der Waals surface area contributed by atoms with Crippen molar-refractivity contribution in [3.05, 3.63) is 123 Å². The molecule has 3 heterocycles. The number of benzene rings is 3. The van der Waals surface area contributed by atoms with E-state index in [2.05, 4.69) is 31.5 Å². The molecule has 40 heavy (non-hydrogen) atoms. The largest absolute Gasteiger partial charge is 0.497 e. The number of ether oxygens (including phenoxy) is 1. The summed E-state index contributed by atoms with van der Waals surface area (Å²) in [5.74, 6) is 0.546. The Balaban J connectivity index is 1.41. The molecule has 1 atom stereocenters. The number of tetrazole rings is 1. The van der Waals surface area contributed by atoms with Crippen molar-refractivity contribution < 1.29 is 13.5 Å². The second kappa shape index (κ2) is 10.8. The van der Waals surface area contributed by atoms with Crippen molar-refractivity contribution in [1.82, 2.24) is 30.1 Å². The molecule has 10 heteroatoms. The fourth-order valence-electron chi connectivity index (χ4n) is 5.15. The van der Waals surface area contributed by atoms with Gasteiger partial charge in [0.05, 0.1) is 19.2 Å². The van der Waals surface area contributed by atoms with Crippen LogP contribution in [0.25, 0.3) is 16.5 Å². The third kappa shape index (κ3) is 5.13. The van der Waals surface area contributed by atoms with E-state index in [1.54, 1.807) is 42.1 Å². The molecule has 0 fully saturated rings. The Kier molecular flexibility index (Phi) is 6.91. The van der Waals surface area contributed by atoms with E-state index in [4.69, 9.17) is 4.74 Å². The molecule has 1 unspecified atom stereocenters. The molecule has 2 aromatic heterocycles. The van der Waals surface area contributed by atoms with Gasteiger partial charge in [-0.05, 0) is 81.4 Å². The molecule has 0 spiro atoms. The summed E-state index contributed by atoms with van der Waals surface area (Å²) in [6, 6.07) is 19.5. The highest BCUT2D eigenvalue weighted by Gasteiger charge is 2.31. The highest BCUT2D eigenvalue weighted by molar-refractivity contribution is 5.80. The lowest BCUT2D eigenvalue weighted by Crippen LogP contribution is -2.38. The van der Waals surface area contributed by atoms with E-state index in [9.17, 15) is 13.6 Å². The molecule has 1 aliphatic heterocycles. The Morgan fingerprint density at radius 1 is 1.00 bits per heavy atom. The number of hydrogen-bond acceptors (Lipinski definition) is 6. The van der Waals surface area contributed by atoms with E-state index in [-0.39, 0.29) is 17.2 Å². The molecule has 1 N–H and O–H groups in total. The van der Waals surface area contributed by atoms with Gasteiger partial charge in [0.2, 0.25) is 0 Å². The summed E-state index contributed by atoms with van der Waals surface area (Å²) in [4.78, 5) is 18.7. The Labute approximate surface area is 228 Å². The zero-order valence-corrected chi connectivity index (χ0v) is 21.7. The Hall–Kier alpha value is -4.70. The van der Waals surface area contributed by atoms with Gasteiger partial charge in [0, 0.05) is 24.7 Å².